The topological polar surface area (TPSA) is 98.7 Å². The first-order valence-corrected chi connectivity index (χ1v) is 13.3. The van der Waals surface area contributed by atoms with Crippen LogP contribution in [0.4, 0.5) is 5.69 Å². The van der Waals surface area contributed by atoms with Crippen LogP contribution in [0.25, 0.3) is 10.8 Å². The molecule has 3 aliphatic rings. The van der Waals surface area contributed by atoms with E-state index in [0.717, 1.165) is 23.6 Å². The van der Waals surface area contributed by atoms with Gasteiger partial charge in [-0.2, -0.15) is 0 Å². The summed E-state index contributed by atoms with van der Waals surface area (Å²) in [6.07, 6.45) is 2.72. The van der Waals surface area contributed by atoms with Crippen molar-refractivity contribution in [3.63, 3.8) is 0 Å². The van der Waals surface area contributed by atoms with Crippen molar-refractivity contribution in [2.24, 2.45) is 11.8 Å². The highest BCUT2D eigenvalue weighted by molar-refractivity contribution is 8.02. The van der Waals surface area contributed by atoms with Crippen LogP contribution in [0.5, 0.6) is 0 Å². The van der Waals surface area contributed by atoms with Gasteiger partial charge in [-0.15, -0.1) is 11.8 Å². The SMILES string of the molecule is CCCNC(=O)[C@H]1[C@H]2C(=O)N(CCCO)C(C(=O)Nc3ccc4ccccc4c3)C23CC[C@]1(C)S3. The number of amides is 3. The molecule has 35 heavy (non-hydrogen) atoms. The van der Waals surface area contributed by atoms with Crippen LogP contribution >= 0.6 is 11.8 Å². The Morgan fingerprint density at radius 3 is 2.66 bits per heavy atom. The summed E-state index contributed by atoms with van der Waals surface area (Å²) in [6.45, 7) is 4.88. The Labute approximate surface area is 210 Å². The molecule has 5 atom stereocenters. The van der Waals surface area contributed by atoms with Crippen molar-refractivity contribution in [2.75, 3.05) is 25.0 Å². The van der Waals surface area contributed by atoms with Crippen molar-refractivity contribution in [2.45, 2.75) is 55.1 Å². The first-order valence-electron chi connectivity index (χ1n) is 12.5. The Morgan fingerprint density at radius 1 is 1.14 bits per heavy atom. The van der Waals surface area contributed by atoms with Gasteiger partial charge in [-0.05, 0) is 55.5 Å². The van der Waals surface area contributed by atoms with Crippen LogP contribution in [-0.2, 0) is 14.4 Å². The molecule has 3 amide bonds. The molecule has 3 saturated heterocycles. The van der Waals surface area contributed by atoms with Gasteiger partial charge in [-0.3, -0.25) is 14.4 Å². The van der Waals surface area contributed by atoms with Gasteiger partial charge in [-0.25, -0.2) is 0 Å². The summed E-state index contributed by atoms with van der Waals surface area (Å²) in [5, 5.41) is 17.7. The van der Waals surface area contributed by atoms with Gasteiger partial charge < -0.3 is 20.6 Å². The molecule has 3 heterocycles. The fraction of sp³-hybridized carbons (Fsp3) is 0.519. The second-order valence-corrected chi connectivity index (χ2v) is 12.1. The molecule has 2 unspecified atom stereocenters. The molecular weight excluding hydrogens is 462 g/mol. The predicted molar refractivity (Wildman–Crippen MR) is 138 cm³/mol. The lowest BCUT2D eigenvalue weighted by atomic mass is 9.66. The maximum absolute atomic E-state index is 13.9. The lowest BCUT2D eigenvalue weighted by Gasteiger charge is -2.34. The summed E-state index contributed by atoms with van der Waals surface area (Å²) in [5.41, 5.74) is 0.684. The van der Waals surface area contributed by atoms with Crippen LogP contribution in [-0.4, -0.2) is 63.0 Å². The minimum absolute atomic E-state index is 0.0638. The molecule has 0 aromatic heterocycles. The molecule has 3 aliphatic heterocycles. The van der Waals surface area contributed by atoms with Crippen molar-refractivity contribution < 1.29 is 19.5 Å². The van der Waals surface area contributed by atoms with Crippen LogP contribution < -0.4 is 10.6 Å². The zero-order valence-electron chi connectivity index (χ0n) is 20.3. The molecule has 7 nitrogen and oxygen atoms in total. The largest absolute Gasteiger partial charge is 0.396 e. The highest BCUT2D eigenvalue weighted by Crippen LogP contribution is 2.71. The van der Waals surface area contributed by atoms with E-state index in [9.17, 15) is 19.5 Å². The van der Waals surface area contributed by atoms with Crippen LogP contribution in [0.15, 0.2) is 42.5 Å². The number of nitrogens with zero attached hydrogens (tertiary/aromatic N) is 1. The first kappa shape index (κ1) is 24.1. The summed E-state index contributed by atoms with van der Waals surface area (Å²) in [4.78, 5) is 42.6. The average Bonchev–Trinajstić information content (AvgIpc) is 3.41. The lowest BCUT2D eigenvalue weighted by Crippen LogP contribution is -2.52. The number of carbonyl (C=O) groups is 3. The summed E-state index contributed by atoms with van der Waals surface area (Å²) in [6, 6.07) is 13.1. The normalized spacial score (nSPS) is 31.1. The monoisotopic (exact) mass is 495 g/mol. The van der Waals surface area contributed by atoms with E-state index in [4.69, 9.17) is 0 Å². The van der Waals surface area contributed by atoms with Gasteiger partial charge in [0.05, 0.1) is 16.6 Å². The quantitative estimate of drug-likeness (QED) is 0.523. The highest BCUT2D eigenvalue weighted by Gasteiger charge is 2.76. The van der Waals surface area contributed by atoms with E-state index in [1.54, 1.807) is 16.7 Å². The number of rotatable bonds is 8. The van der Waals surface area contributed by atoms with Crippen LogP contribution in [0.3, 0.4) is 0 Å². The zero-order chi connectivity index (χ0) is 24.8. The first-order chi connectivity index (χ1) is 16.8. The van der Waals surface area contributed by atoms with E-state index >= 15 is 0 Å². The van der Waals surface area contributed by atoms with Crippen LogP contribution in [0.1, 0.15) is 39.5 Å². The van der Waals surface area contributed by atoms with Gasteiger partial charge in [0.2, 0.25) is 17.7 Å². The number of nitrogens with one attached hydrogen (secondary N) is 2. The number of thioether (sulfide) groups is 1. The number of fused-ring (bicyclic) bond motifs is 2. The van der Waals surface area contributed by atoms with Gasteiger partial charge in [0.15, 0.2) is 0 Å². The molecule has 0 aliphatic carbocycles. The third-order valence-electron chi connectivity index (χ3n) is 7.93. The van der Waals surface area contributed by atoms with Gasteiger partial charge in [-0.1, -0.05) is 37.3 Å². The number of aliphatic hydroxyl groups is 1. The Morgan fingerprint density at radius 2 is 1.91 bits per heavy atom. The van der Waals surface area contributed by atoms with Crippen molar-refractivity contribution in [3.05, 3.63) is 42.5 Å². The van der Waals surface area contributed by atoms with Crippen LogP contribution in [0.2, 0.25) is 0 Å². The molecule has 3 fully saturated rings. The number of hydrogen-bond acceptors (Lipinski definition) is 5. The second-order valence-electron chi connectivity index (χ2n) is 10.2. The van der Waals surface area contributed by atoms with Crippen molar-refractivity contribution in [1.82, 2.24) is 10.2 Å². The number of likely N-dealkylation sites (tertiary alicyclic amines) is 1. The molecule has 0 saturated carbocycles. The Bertz CT molecular complexity index is 1170. The molecule has 8 heteroatoms. The molecule has 0 radical (unpaired) electrons. The molecule has 3 N–H and O–H groups in total. The minimum atomic E-state index is -0.686. The third-order valence-corrected chi connectivity index (χ3v) is 9.92. The average molecular weight is 496 g/mol. The van der Waals surface area contributed by atoms with Gasteiger partial charge in [0.1, 0.15) is 6.04 Å². The lowest BCUT2D eigenvalue weighted by molar-refractivity contribution is -0.140. The summed E-state index contributed by atoms with van der Waals surface area (Å²) in [5.74, 6) is -1.44. The fourth-order valence-electron chi connectivity index (χ4n) is 6.44. The van der Waals surface area contributed by atoms with Crippen molar-refractivity contribution >= 4 is 45.9 Å². The number of benzene rings is 2. The Balaban J connectivity index is 1.49. The second kappa shape index (κ2) is 9.13. The maximum Gasteiger partial charge on any atom is 0.248 e. The Kier molecular flexibility index (Phi) is 6.30. The summed E-state index contributed by atoms with van der Waals surface area (Å²) in [7, 11) is 0. The van der Waals surface area contributed by atoms with Gasteiger partial charge in [0.25, 0.3) is 0 Å². The van der Waals surface area contributed by atoms with Crippen LogP contribution in [0, 0.1) is 11.8 Å². The highest BCUT2D eigenvalue weighted by atomic mass is 32.2. The Hall–Kier alpha value is -2.58. The van der Waals surface area contributed by atoms with Crippen molar-refractivity contribution in [1.29, 1.82) is 0 Å². The van der Waals surface area contributed by atoms with E-state index in [1.165, 1.54) is 0 Å². The molecule has 2 bridgehead atoms. The van der Waals surface area contributed by atoms with E-state index in [2.05, 4.69) is 17.6 Å². The van der Waals surface area contributed by atoms with E-state index in [-0.39, 0.29) is 29.1 Å². The van der Waals surface area contributed by atoms with Crippen molar-refractivity contribution in [3.8, 4) is 0 Å². The summed E-state index contributed by atoms with van der Waals surface area (Å²) >= 11 is 1.67. The summed E-state index contributed by atoms with van der Waals surface area (Å²) < 4.78 is -1.01. The molecule has 2 aromatic carbocycles. The third kappa shape index (κ3) is 3.82. The number of anilines is 1. The molecule has 5 rings (SSSR count). The zero-order valence-corrected chi connectivity index (χ0v) is 21.1. The fourth-order valence-corrected chi connectivity index (χ4v) is 8.80. The minimum Gasteiger partial charge on any atom is -0.396 e. The standard InChI is InChI=1S/C27H33N3O4S/c1-3-13-28-23(32)20-21-25(34)30(14-6-15-31)22(27(21)12-11-26(20,2)35-27)24(33)29-19-10-9-17-7-4-5-8-18(17)16-19/h4-5,7-10,16,20-22,31H,3,6,11-15H2,1-2H3,(H,28,32)(H,29,33)/t20-,21+,22?,26+,27?/m1/s1. The molecule has 1 spiro atoms. The predicted octanol–water partition coefficient (Wildman–Crippen LogP) is 3.17. The molecule has 186 valence electrons. The van der Waals surface area contributed by atoms with E-state index in [1.807, 2.05) is 49.4 Å². The van der Waals surface area contributed by atoms with Gasteiger partial charge >= 0.3 is 0 Å². The maximum atomic E-state index is 13.9. The smallest absolute Gasteiger partial charge is 0.248 e. The van der Waals surface area contributed by atoms with E-state index < -0.39 is 22.6 Å². The van der Waals surface area contributed by atoms with E-state index in [0.29, 0.717) is 31.6 Å². The molecular formula is C27H33N3O4S. The molecule has 2 aromatic rings. The number of hydrogen-bond donors (Lipinski definition) is 3. The number of carbonyl (C=O) groups excluding carboxylic acids is 3. The number of aliphatic hydroxyl groups excluding tert-OH is 1. The van der Waals surface area contributed by atoms with Gasteiger partial charge in [0, 0.05) is 30.1 Å².